The van der Waals surface area contributed by atoms with Gasteiger partial charge in [0.1, 0.15) is 11.5 Å². The number of rotatable bonds is 8. The van der Waals surface area contributed by atoms with E-state index >= 15 is 0 Å². The second-order valence-electron chi connectivity index (χ2n) is 11.1. The zero-order valence-electron chi connectivity index (χ0n) is 21.8. The maximum absolute atomic E-state index is 14.4. The maximum atomic E-state index is 14.4. The summed E-state index contributed by atoms with van der Waals surface area (Å²) in [5, 5.41) is 11.9. The molecule has 206 valence electrons. The normalized spacial score (nSPS) is 22.5. The minimum absolute atomic E-state index is 0.193. The van der Waals surface area contributed by atoms with Gasteiger partial charge >= 0.3 is 0 Å². The van der Waals surface area contributed by atoms with E-state index in [4.69, 9.17) is 5.11 Å². The van der Waals surface area contributed by atoms with Crippen molar-refractivity contribution < 1.29 is 22.7 Å². The Hall–Kier alpha value is -2.99. The number of halogens is 1. The van der Waals surface area contributed by atoms with Crippen LogP contribution < -0.4 is 19.8 Å². The van der Waals surface area contributed by atoms with E-state index in [1.54, 1.807) is 43.0 Å². The van der Waals surface area contributed by atoms with Crippen molar-refractivity contribution >= 4 is 39.1 Å². The number of aromatic nitrogens is 2. The molecule has 1 aliphatic carbocycles. The molecular weight excluding hydrogens is 511 g/mol. The Morgan fingerprint density at radius 1 is 1.08 bits per heavy atom. The molecule has 1 aromatic carbocycles. The standard InChI is InChI=1S/C26H35FN6O4S/c1-18-15-22(30-24(28-18)33-10-7-25(2,27)17-33)29-23(35)20-4-3-19(31-38(36,37)14-13-34)16-21(20)32-11-8-26(5-6-26)9-12-32/h3-4,15-16,31,34H,5-14,17H2,1-2H3,(H,28,29,30,35)/t25-/m1/s1. The number of anilines is 4. The van der Waals surface area contributed by atoms with Crippen LogP contribution >= 0.6 is 0 Å². The van der Waals surface area contributed by atoms with Crippen LogP contribution in [0.4, 0.5) is 27.5 Å². The topological polar surface area (TPSA) is 128 Å². The number of carbonyl (C=O) groups is 1. The average molecular weight is 547 g/mol. The Balaban J connectivity index is 1.40. The van der Waals surface area contributed by atoms with E-state index in [1.165, 1.54) is 12.8 Å². The summed E-state index contributed by atoms with van der Waals surface area (Å²) < 4.78 is 41.4. The summed E-state index contributed by atoms with van der Waals surface area (Å²) >= 11 is 0. The number of hydrogen-bond acceptors (Lipinski definition) is 8. The molecule has 1 aromatic heterocycles. The fraction of sp³-hybridized carbons (Fsp3) is 0.577. The van der Waals surface area contributed by atoms with Crippen LogP contribution in [-0.2, 0) is 10.0 Å². The summed E-state index contributed by atoms with van der Waals surface area (Å²) in [7, 11) is -3.72. The minimum atomic E-state index is -3.72. The number of carbonyl (C=O) groups excluding carboxylic acids is 1. The number of aliphatic hydroxyl groups excluding tert-OH is 1. The van der Waals surface area contributed by atoms with Crippen LogP contribution in [0.2, 0.25) is 0 Å². The van der Waals surface area contributed by atoms with Gasteiger partial charge < -0.3 is 20.2 Å². The zero-order chi connectivity index (χ0) is 27.1. The third-order valence-electron chi connectivity index (χ3n) is 7.79. The van der Waals surface area contributed by atoms with Crippen molar-refractivity contribution in [1.29, 1.82) is 0 Å². The van der Waals surface area contributed by atoms with Gasteiger partial charge in [-0.3, -0.25) is 9.52 Å². The van der Waals surface area contributed by atoms with E-state index in [2.05, 4.69) is 24.9 Å². The van der Waals surface area contributed by atoms with Gasteiger partial charge in [0.25, 0.3) is 5.91 Å². The molecule has 3 fully saturated rings. The predicted octanol–water partition coefficient (Wildman–Crippen LogP) is 3.09. The molecule has 1 spiro atoms. The summed E-state index contributed by atoms with van der Waals surface area (Å²) in [6, 6.07) is 6.49. The number of alkyl halides is 1. The number of nitrogens with zero attached hydrogens (tertiary/aromatic N) is 4. The van der Waals surface area contributed by atoms with Crippen LogP contribution in [0.1, 0.15) is 55.1 Å². The number of hydrogen-bond donors (Lipinski definition) is 3. The van der Waals surface area contributed by atoms with Gasteiger partial charge in [0.15, 0.2) is 0 Å². The first-order valence-corrected chi connectivity index (χ1v) is 14.7. The molecule has 3 aliphatic rings. The summed E-state index contributed by atoms with van der Waals surface area (Å²) in [4.78, 5) is 26.4. The summed E-state index contributed by atoms with van der Waals surface area (Å²) in [6.07, 6.45) is 4.94. The maximum Gasteiger partial charge on any atom is 0.258 e. The lowest BCUT2D eigenvalue weighted by atomic mass is 9.93. The predicted molar refractivity (Wildman–Crippen MR) is 145 cm³/mol. The summed E-state index contributed by atoms with van der Waals surface area (Å²) in [5.74, 6) is -0.0945. The molecule has 2 saturated heterocycles. The molecule has 10 nitrogen and oxygen atoms in total. The first kappa shape index (κ1) is 26.6. The zero-order valence-corrected chi connectivity index (χ0v) is 22.7. The molecule has 0 unspecified atom stereocenters. The van der Waals surface area contributed by atoms with E-state index in [0.717, 1.165) is 25.9 Å². The fourth-order valence-corrected chi connectivity index (χ4v) is 6.16. The number of aryl methyl sites for hydroxylation is 1. The average Bonchev–Trinajstić information content (AvgIpc) is 3.49. The number of amides is 1. The molecule has 2 aromatic rings. The molecule has 1 amide bonds. The second kappa shape index (κ2) is 9.96. The van der Waals surface area contributed by atoms with Gasteiger partial charge in [0.2, 0.25) is 16.0 Å². The lowest BCUT2D eigenvalue weighted by Crippen LogP contribution is -2.36. The molecule has 1 saturated carbocycles. The van der Waals surface area contributed by atoms with E-state index < -0.39 is 28.1 Å². The van der Waals surface area contributed by atoms with Crippen LogP contribution in [0.15, 0.2) is 24.3 Å². The van der Waals surface area contributed by atoms with E-state index in [1.807, 2.05) is 0 Å². The lowest BCUT2D eigenvalue weighted by molar-refractivity contribution is 0.102. The molecule has 2 aliphatic heterocycles. The van der Waals surface area contributed by atoms with Gasteiger partial charge in [-0.05, 0) is 63.1 Å². The third kappa shape index (κ3) is 6.01. The Morgan fingerprint density at radius 3 is 2.42 bits per heavy atom. The molecule has 12 heteroatoms. The SMILES string of the molecule is Cc1cc(NC(=O)c2ccc(NS(=O)(=O)CCO)cc2N2CCC3(CC2)CC3)nc(N2CC[C@@](C)(F)C2)n1. The summed E-state index contributed by atoms with van der Waals surface area (Å²) in [5.41, 5.74) is 1.15. The van der Waals surface area contributed by atoms with Crippen LogP contribution in [-0.4, -0.2) is 73.6 Å². The first-order valence-electron chi connectivity index (χ1n) is 13.1. The second-order valence-corrected chi connectivity index (χ2v) is 12.9. The molecule has 5 rings (SSSR count). The Kier molecular flexibility index (Phi) is 6.97. The van der Waals surface area contributed by atoms with E-state index in [-0.39, 0.29) is 12.5 Å². The van der Waals surface area contributed by atoms with Crippen LogP contribution in [0, 0.1) is 12.3 Å². The minimum Gasteiger partial charge on any atom is -0.395 e. The Labute approximate surface area is 222 Å². The number of sulfonamides is 1. The molecule has 0 bridgehead atoms. The molecule has 0 radical (unpaired) electrons. The van der Waals surface area contributed by atoms with Crippen molar-refractivity contribution in [2.75, 3.05) is 58.4 Å². The number of piperidine rings is 1. The van der Waals surface area contributed by atoms with Gasteiger partial charge in [-0.15, -0.1) is 0 Å². The number of aliphatic hydroxyl groups is 1. The number of nitrogens with one attached hydrogen (secondary N) is 2. The quantitative estimate of drug-likeness (QED) is 0.461. The lowest BCUT2D eigenvalue weighted by Gasteiger charge is -2.35. The van der Waals surface area contributed by atoms with Crippen LogP contribution in [0.5, 0.6) is 0 Å². The van der Waals surface area contributed by atoms with Gasteiger partial charge in [0, 0.05) is 37.8 Å². The highest BCUT2D eigenvalue weighted by molar-refractivity contribution is 7.92. The molecule has 3 heterocycles. The van der Waals surface area contributed by atoms with E-state index in [9.17, 15) is 17.6 Å². The van der Waals surface area contributed by atoms with Gasteiger partial charge in [-0.25, -0.2) is 17.8 Å². The fourth-order valence-electron chi connectivity index (χ4n) is 5.34. The van der Waals surface area contributed by atoms with Gasteiger partial charge in [-0.2, -0.15) is 4.98 Å². The Morgan fingerprint density at radius 2 is 1.79 bits per heavy atom. The smallest absolute Gasteiger partial charge is 0.258 e. The van der Waals surface area contributed by atoms with Crippen molar-refractivity contribution in [3.8, 4) is 0 Å². The largest absolute Gasteiger partial charge is 0.395 e. The number of benzene rings is 1. The van der Waals surface area contributed by atoms with Gasteiger partial charge in [-0.1, -0.05) is 0 Å². The molecule has 38 heavy (non-hydrogen) atoms. The van der Waals surface area contributed by atoms with Crippen molar-refractivity contribution in [3.05, 3.63) is 35.5 Å². The highest BCUT2D eigenvalue weighted by atomic mass is 32.2. The molecule has 3 N–H and O–H groups in total. The van der Waals surface area contributed by atoms with Crippen molar-refractivity contribution in [2.24, 2.45) is 5.41 Å². The van der Waals surface area contributed by atoms with Crippen LogP contribution in [0.3, 0.4) is 0 Å². The Bertz CT molecular complexity index is 1320. The highest BCUT2D eigenvalue weighted by Crippen LogP contribution is 2.54. The van der Waals surface area contributed by atoms with Crippen LogP contribution in [0.25, 0.3) is 0 Å². The van der Waals surface area contributed by atoms with Crippen molar-refractivity contribution in [2.45, 2.75) is 51.6 Å². The molecule has 1 atom stereocenters. The monoisotopic (exact) mass is 546 g/mol. The summed E-state index contributed by atoms with van der Waals surface area (Å²) in [6.45, 7) is 5.12. The third-order valence-corrected chi connectivity index (χ3v) is 9.05. The molecular formula is C26H35FN6O4S. The first-order chi connectivity index (χ1) is 18.0. The van der Waals surface area contributed by atoms with E-state index in [0.29, 0.717) is 52.8 Å². The van der Waals surface area contributed by atoms with Crippen molar-refractivity contribution in [1.82, 2.24) is 9.97 Å². The highest BCUT2D eigenvalue weighted by Gasteiger charge is 2.44. The van der Waals surface area contributed by atoms with Crippen molar-refractivity contribution in [3.63, 3.8) is 0 Å². The van der Waals surface area contributed by atoms with Gasteiger partial charge in [0.05, 0.1) is 35.8 Å².